The minimum atomic E-state index is -1.11. The number of carbonyl (C=O) groups is 3. The average Bonchev–Trinajstić information content (AvgIpc) is 3.32. The van der Waals surface area contributed by atoms with E-state index >= 15 is 0 Å². The fourth-order valence-corrected chi connectivity index (χ4v) is 8.13. The van der Waals surface area contributed by atoms with Crippen molar-refractivity contribution in [1.29, 1.82) is 0 Å². The normalized spacial score (nSPS) is 15.2. The Morgan fingerprint density at radius 1 is 0.529 bits per heavy atom. The second-order valence-corrected chi connectivity index (χ2v) is 17.3. The third-order valence-electron chi connectivity index (χ3n) is 11.5. The monoisotopic (exact) mass is 1020 g/mol. The van der Waals surface area contributed by atoms with E-state index in [0.717, 1.165) is 0 Å². The van der Waals surface area contributed by atoms with Crippen LogP contribution in [0.3, 0.4) is 0 Å². The first-order valence-electron chi connectivity index (χ1n) is 22.9. The van der Waals surface area contributed by atoms with Crippen molar-refractivity contribution < 1.29 is 54.1 Å². The van der Waals surface area contributed by atoms with Gasteiger partial charge in [0, 0.05) is 110 Å². The summed E-state index contributed by atoms with van der Waals surface area (Å²) >= 11 is 12.0. The zero-order chi connectivity index (χ0) is 50.4. The molecular weight excluding hydrogens is 957 g/mol. The molecule has 0 aliphatic carbocycles. The number of ketones is 1. The van der Waals surface area contributed by atoms with Crippen molar-refractivity contribution in [3.63, 3.8) is 0 Å². The van der Waals surface area contributed by atoms with E-state index in [1.54, 1.807) is 47.4 Å². The van der Waals surface area contributed by atoms with Crippen molar-refractivity contribution in [3.8, 4) is 5.75 Å². The van der Waals surface area contributed by atoms with E-state index in [1.165, 1.54) is 30.3 Å². The Hall–Kier alpha value is -5.62. The number of pyridine rings is 3. The quantitative estimate of drug-likeness (QED) is 0.0323. The molecule has 1 unspecified atom stereocenters. The van der Waals surface area contributed by atoms with E-state index in [0.29, 0.717) is 63.9 Å². The SMILES string of the molecule is O=C(CCCOCCOCCOCCC(=O)Oc1c(Cl)cccc1Cl)CCC(C(=O)O)N1CCN(Cc2cccc(=O)n2O)CCN(Cc2cccc(=O)n2O)CCN(Cc2cccc(=O)n2O)CC1. The highest BCUT2D eigenvalue weighted by Crippen LogP contribution is 2.32. The van der Waals surface area contributed by atoms with Gasteiger partial charge in [-0.05, 0) is 43.2 Å². The lowest BCUT2D eigenvalue weighted by molar-refractivity contribution is -0.144. The van der Waals surface area contributed by atoms with Crippen LogP contribution in [0.25, 0.3) is 0 Å². The number of halogens is 2. The van der Waals surface area contributed by atoms with Gasteiger partial charge >= 0.3 is 11.9 Å². The minimum absolute atomic E-state index is 0.00145. The predicted octanol–water partition coefficient (Wildman–Crippen LogP) is 2.94. The van der Waals surface area contributed by atoms with Crippen LogP contribution in [-0.4, -0.2) is 170 Å². The molecule has 5 rings (SSSR count). The van der Waals surface area contributed by atoms with Gasteiger partial charge in [-0.2, -0.15) is 14.2 Å². The molecule has 1 aliphatic heterocycles. The van der Waals surface area contributed by atoms with Crippen LogP contribution in [0.1, 0.15) is 49.2 Å². The van der Waals surface area contributed by atoms with E-state index in [4.69, 9.17) is 42.1 Å². The van der Waals surface area contributed by atoms with Crippen molar-refractivity contribution in [2.75, 3.05) is 92.0 Å². The zero-order valence-electron chi connectivity index (χ0n) is 38.8. The maximum atomic E-state index is 13.1. The van der Waals surface area contributed by atoms with Gasteiger partial charge in [0.15, 0.2) is 5.75 Å². The number of benzene rings is 1. The summed E-state index contributed by atoms with van der Waals surface area (Å²) in [7, 11) is 0. The highest BCUT2D eigenvalue weighted by molar-refractivity contribution is 6.37. The van der Waals surface area contributed by atoms with Crippen LogP contribution in [0.15, 0.2) is 87.2 Å². The molecule has 4 N–H and O–H groups in total. The average molecular weight is 1020 g/mol. The smallest absolute Gasteiger partial charge is 0.320 e. The van der Waals surface area contributed by atoms with Gasteiger partial charge in [0.1, 0.15) is 11.8 Å². The second kappa shape index (κ2) is 28.9. The molecule has 382 valence electrons. The van der Waals surface area contributed by atoms with Crippen molar-refractivity contribution in [3.05, 3.63) is 131 Å². The number of para-hydroxylation sites is 1. The van der Waals surface area contributed by atoms with Gasteiger partial charge in [0.05, 0.1) is 66.6 Å². The second-order valence-electron chi connectivity index (χ2n) is 16.5. The summed E-state index contributed by atoms with van der Waals surface area (Å²) in [5, 5.41) is 42.8. The number of carboxylic acids is 1. The Kier molecular flexibility index (Phi) is 22.8. The number of aromatic nitrogens is 3. The topological polar surface area (TPSA) is 248 Å². The fourth-order valence-electron chi connectivity index (χ4n) is 7.66. The van der Waals surface area contributed by atoms with Gasteiger partial charge in [0.25, 0.3) is 16.7 Å². The number of carbonyl (C=O) groups excluding carboxylic acids is 2. The van der Waals surface area contributed by atoms with Crippen molar-refractivity contribution >= 4 is 40.9 Å². The minimum Gasteiger partial charge on any atom is -0.480 e. The Bertz CT molecular complexity index is 2410. The van der Waals surface area contributed by atoms with E-state index in [1.807, 2.05) is 14.7 Å². The van der Waals surface area contributed by atoms with Gasteiger partial charge in [-0.25, -0.2) is 0 Å². The Morgan fingerprint density at radius 3 is 1.37 bits per heavy atom. The molecule has 1 aliphatic rings. The zero-order valence-corrected chi connectivity index (χ0v) is 40.3. The van der Waals surface area contributed by atoms with Crippen LogP contribution >= 0.6 is 23.2 Å². The molecule has 21 nitrogen and oxygen atoms in total. The lowest BCUT2D eigenvalue weighted by atomic mass is 10.0. The lowest BCUT2D eigenvalue weighted by Gasteiger charge is -2.36. The number of Topliss-reactive ketones (excluding diaryl/α,β-unsaturated/α-hetero) is 1. The molecule has 0 bridgehead atoms. The van der Waals surface area contributed by atoms with Gasteiger partial charge in [0.2, 0.25) is 0 Å². The molecule has 4 aromatic rings. The third-order valence-corrected chi connectivity index (χ3v) is 12.1. The van der Waals surface area contributed by atoms with Crippen molar-refractivity contribution in [2.24, 2.45) is 0 Å². The molecule has 0 spiro atoms. The predicted molar refractivity (Wildman–Crippen MR) is 255 cm³/mol. The number of esters is 1. The first kappa shape index (κ1) is 55.3. The molecule has 1 fully saturated rings. The molecular formula is C47H61Cl2N7O14. The van der Waals surface area contributed by atoms with Crippen molar-refractivity contribution in [1.82, 2.24) is 33.8 Å². The van der Waals surface area contributed by atoms with E-state index in [2.05, 4.69) is 0 Å². The maximum Gasteiger partial charge on any atom is 0.320 e. The lowest BCUT2D eigenvalue weighted by Crippen LogP contribution is -2.50. The molecule has 70 heavy (non-hydrogen) atoms. The molecule has 23 heteroatoms. The number of nitrogens with zero attached hydrogens (tertiary/aromatic N) is 7. The highest BCUT2D eigenvalue weighted by atomic mass is 35.5. The molecule has 1 aromatic carbocycles. The summed E-state index contributed by atoms with van der Waals surface area (Å²) < 4.78 is 23.5. The Labute approximate surface area is 413 Å². The molecule has 0 radical (unpaired) electrons. The van der Waals surface area contributed by atoms with E-state index < -0.39 is 34.7 Å². The van der Waals surface area contributed by atoms with Crippen LogP contribution in [-0.2, 0) is 48.2 Å². The summed E-state index contributed by atoms with van der Waals surface area (Å²) in [5.74, 6) is -1.68. The standard InChI is InChI=1S/C47H61Cl2N7O14/c48-39-10-4-11-40(49)46(39)70-45(61)17-27-68-29-31-69-30-28-67-26-5-9-38(57)15-16-41(47(62)63)53-24-22-51(33-36-7-2-13-43(59)55(36)65)20-18-50(32-35-6-1-12-42(58)54(35)64)19-21-52(23-25-53)34-37-8-3-14-44(60)56(37)66/h1-4,6-8,10-14,41,64-66H,5,9,15-34H2,(H,62,63). The molecule has 1 saturated heterocycles. The summed E-state index contributed by atoms with van der Waals surface area (Å²) in [6.07, 6.45) is 0.623. The van der Waals surface area contributed by atoms with Crippen molar-refractivity contribution in [2.45, 2.75) is 57.8 Å². The summed E-state index contributed by atoms with van der Waals surface area (Å²) in [4.78, 5) is 82.9. The number of hydrogen-bond acceptors (Lipinski definition) is 17. The fraction of sp³-hybridized carbons (Fsp3) is 0.489. The van der Waals surface area contributed by atoms with Gasteiger partial charge in [-0.1, -0.05) is 47.5 Å². The number of aliphatic carboxylic acids is 1. The number of ether oxygens (including phenoxy) is 4. The summed E-state index contributed by atoms with van der Waals surface area (Å²) in [6.45, 7) is 4.36. The van der Waals surface area contributed by atoms with E-state index in [-0.39, 0.29) is 133 Å². The van der Waals surface area contributed by atoms with E-state index in [9.17, 15) is 49.5 Å². The first-order chi connectivity index (χ1) is 33.7. The number of carboxylic acid groups (broad SMARTS) is 1. The van der Waals surface area contributed by atoms with Crippen LogP contribution < -0.4 is 21.4 Å². The van der Waals surface area contributed by atoms with Crippen LogP contribution in [0.2, 0.25) is 10.0 Å². The van der Waals surface area contributed by atoms with Gasteiger partial charge in [-0.3, -0.25) is 48.4 Å². The molecule has 0 saturated carbocycles. The summed E-state index contributed by atoms with van der Waals surface area (Å²) in [5.41, 5.74) is -0.850. The van der Waals surface area contributed by atoms with Gasteiger partial charge in [-0.15, -0.1) is 0 Å². The third kappa shape index (κ3) is 18.0. The molecule has 4 heterocycles. The molecule has 0 amide bonds. The van der Waals surface area contributed by atoms with Crippen LogP contribution in [0.4, 0.5) is 0 Å². The Morgan fingerprint density at radius 2 is 0.929 bits per heavy atom. The maximum absolute atomic E-state index is 13.1. The molecule has 1 atom stereocenters. The molecule has 3 aromatic heterocycles. The van der Waals surface area contributed by atoms with Crippen LogP contribution in [0.5, 0.6) is 5.75 Å². The first-order valence-corrected chi connectivity index (χ1v) is 23.7. The highest BCUT2D eigenvalue weighted by Gasteiger charge is 2.28. The summed E-state index contributed by atoms with van der Waals surface area (Å²) in [6, 6.07) is 16.9. The number of rotatable bonds is 25. The Balaban J connectivity index is 1.14. The number of hydrogen-bond donors (Lipinski definition) is 4. The largest absolute Gasteiger partial charge is 0.480 e. The van der Waals surface area contributed by atoms with Crippen LogP contribution in [0, 0.1) is 0 Å². The van der Waals surface area contributed by atoms with Gasteiger partial charge < -0.3 is 39.7 Å².